The van der Waals surface area contributed by atoms with Gasteiger partial charge in [0.15, 0.2) is 9.84 Å². The van der Waals surface area contributed by atoms with Crippen LogP contribution in [0.15, 0.2) is 53.4 Å². The van der Waals surface area contributed by atoms with Gasteiger partial charge in [0.25, 0.3) is 0 Å². The molecular formula is C17H20N2O3S. The highest BCUT2D eigenvalue weighted by Crippen LogP contribution is 2.18. The summed E-state index contributed by atoms with van der Waals surface area (Å²) in [6.07, 6.45) is 1.14. The topological polar surface area (TPSA) is 75.3 Å². The van der Waals surface area contributed by atoms with Crippen molar-refractivity contribution in [1.82, 2.24) is 0 Å². The minimum absolute atomic E-state index is 0.215. The van der Waals surface area contributed by atoms with Gasteiger partial charge in [-0.25, -0.2) is 13.2 Å². The van der Waals surface area contributed by atoms with Crippen LogP contribution in [0.1, 0.15) is 25.3 Å². The van der Waals surface area contributed by atoms with Crippen LogP contribution in [0.2, 0.25) is 0 Å². The Morgan fingerprint density at radius 2 is 1.30 bits per heavy atom. The molecule has 0 bridgehead atoms. The first-order valence-electron chi connectivity index (χ1n) is 7.24. The number of hydrogen-bond donors (Lipinski definition) is 2. The Hall–Kier alpha value is -2.34. The zero-order valence-corrected chi connectivity index (χ0v) is 14.1. The van der Waals surface area contributed by atoms with Gasteiger partial charge in [0.05, 0.1) is 4.90 Å². The van der Waals surface area contributed by atoms with Crippen molar-refractivity contribution in [1.29, 1.82) is 0 Å². The first-order valence-corrected chi connectivity index (χ1v) is 9.13. The molecule has 2 N–H and O–H groups in total. The van der Waals surface area contributed by atoms with Crippen molar-refractivity contribution in [3.8, 4) is 0 Å². The summed E-state index contributed by atoms with van der Waals surface area (Å²) in [6, 6.07) is 13.3. The molecule has 6 heteroatoms. The van der Waals surface area contributed by atoms with Gasteiger partial charge in [-0.15, -0.1) is 0 Å². The van der Waals surface area contributed by atoms with Crippen molar-refractivity contribution in [2.45, 2.75) is 24.7 Å². The number of carbonyl (C=O) groups is 1. The maximum Gasteiger partial charge on any atom is 0.323 e. The highest BCUT2D eigenvalue weighted by Gasteiger charge is 2.08. The number of anilines is 2. The standard InChI is InChI=1S/C17H20N2O3S/c1-12(2)13-4-6-14(7-5-13)18-17(20)19-15-8-10-16(11-9-15)23(3,21)22/h4-12H,1-3H3,(H2,18,19,20). The fourth-order valence-corrected chi connectivity index (χ4v) is 2.66. The summed E-state index contributed by atoms with van der Waals surface area (Å²) in [5, 5.41) is 5.39. The molecule has 0 aliphatic carbocycles. The van der Waals surface area contributed by atoms with Crippen LogP contribution in [-0.2, 0) is 9.84 Å². The molecule has 0 heterocycles. The second-order valence-corrected chi connectivity index (χ2v) is 7.67. The third-order valence-electron chi connectivity index (χ3n) is 3.38. The lowest BCUT2D eigenvalue weighted by Gasteiger charge is -2.10. The van der Waals surface area contributed by atoms with Crippen LogP contribution in [0.3, 0.4) is 0 Å². The SMILES string of the molecule is CC(C)c1ccc(NC(=O)Nc2ccc(S(C)(=O)=O)cc2)cc1. The van der Waals surface area contributed by atoms with Gasteiger partial charge in [0.1, 0.15) is 0 Å². The molecule has 0 radical (unpaired) electrons. The van der Waals surface area contributed by atoms with E-state index in [9.17, 15) is 13.2 Å². The van der Waals surface area contributed by atoms with Crippen LogP contribution in [0.5, 0.6) is 0 Å². The first-order chi connectivity index (χ1) is 10.8. The molecule has 0 atom stereocenters. The van der Waals surface area contributed by atoms with E-state index in [1.54, 1.807) is 12.1 Å². The zero-order valence-electron chi connectivity index (χ0n) is 13.3. The second kappa shape index (κ2) is 6.83. The van der Waals surface area contributed by atoms with E-state index in [1.807, 2.05) is 24.3 Å². The Morgan fingerprint density at radius 1 is 0.870 bits per heavy atom. The number of amides is 2. The third kappa shape index (κ3) is 4.82. The fraction of sp³-hybridized carbons (Fsp3) is 0.235. The predicted octanol–water partition coefficient (Wildman–Crippen LogP) is 3.86. The van der Waals surface area contributed by atoms with Crippen molar-refractivity contribution in [3.05, 3.63) is 54.1 Å². The Labute approximate surface area is 136 Å². The lowest BCUT2D eigenvalue weighted by Crippen LogP contribution is -2.19. The van der Waals surface area contributed by atoms with Crippen LogP contribution in [0, 0.1) is 0 Å². The predicted molar refractivity (Wildman–Crippen MR) is 92.7 cm³/mol. The summed E-state index contributed by atoms with van der Waals surface area (Å²) < 4.78 is 22.8. The molecule has 0 unspecified atom stereocenters. The molecule has 23 heavy (non-hydrogen) atoms. The molecule has 2 amide bonds. The number of nitrogens with one attached hydrogen (secondary N) is 2. The van der Waals surface area contributed by atoms with Crippen molar-refractivity contribution in [2.75, 3.05) is 16.9 Å². The normalized spacial score (nSPS) is 11.3. The summed E-state index contributed by atoms with van der Waals surface area (Å²) in [7, 11) is -3.24. The van der Waals surface area contributed by atoms with Crippen molar-refractivity contribution >= 4 is 27.2 Å². The van der Waals surface area contributed by atoms with Crippen molar-refractivity contribution in [2.24, 2.45) is 0 Å². The lowest BCUT2D eigenvalue weighted by molar-refractivity contribution is 0.262. The Bertz CT molecular complexity index is 780. The smallest absolute Gasteiger partial charge is 0.308 e. The van der Waals surface area contributed by atoms with Crippen molar-refractivity contribution < 1.29 is 13.2 Å². The van der Waals surface area contributed by atoms with Gasteiger partial charge in [-0.05, 0) is 47.9 Å². The van der Waals surface area contributed by atoms with E-state index >= 15 is 0 Å². The van der Waals surface area contributed by atoms with Crippen molar-refractivity contribution in [3.63, 3.8) is 0 Å². The molecule has 0 aliphatic heterocycles. The number of hydrogen-bond acceptors (Lipinski definition) is 3. The molecule has 2 aromatic carbocycles. The highest BCUT2D eigenvalue weighted by atomic mass is 32.2. The Balaban J connectivity index is 1.99. The summed E-state index contributed by atoms with van der Waals surface area (Å²) in [6.45, 7) is 4.21. The maximum atomic E-state index is 11.9. The summed E-state index contributed by atoms with van der Waals surface area (Å²) >= 11 is 0. The summed E-state index contributed by atoms with van der Waals surface area (Å²) in [5.74, 6) is 0.436. The number of carbonyl (C=O) groups excluding carboxylic acids is 1. The minimum Gasteiger partial charge on any atom is -0.308 e. The third-order valence-corrected chi connectivity index (χ3v) is 4.50. The average molecular weight is 332 g/mol. The van der Waals surface area contributed by atoms with E-state index in [0.29, 0.717) is 17.3 Å². The van der Waals surface area contributed by atoms with Crippen LogP contribution in [0.4, 0.5) is 16.2 Å². The van der Waals surface area contributed by atoms with Crippen LogP contribution in [0.25, 0.3) is 0 Å². The number of sulfone groups is 1. The minimum atomic E-state index is -3.24. The van der Waals surface area contributed by atoms with Gasteiger partial charge in [0.2, 0.25) is 0 Å². The van der Waals surface area contributed by atoms with E-state index < -0.39 is 9.84 Å². The van der Waals surface area contributed by atoms with E-state index in [2.05, 4.69) is 24.5 Å². The molecule has 5 nitrogen and oxygen atoms in total. The summed E-state index contributed by atoms with van der Waals surface area (Å²) in [4.78, 5) is 12.2. The quantitative estimate of drug-likeness (QED) is 0.893. The molecule has 2 aromatic rings. The number of rotatable bonds is 4. The molecule has 0 saturated heterocycles. The van der Waals surface area contributed by atoms with E-state index in [-0.39, 0.29) is 10.9 Å². The van der Waals surface area contributed by atoms with Gasteiger partial charge < -0.3 is 10.6 Å². The Morgan fingerprint density at radius 3 is 1.70 bits per heavy atom. The molecule has 0 saturated carbocycles. The second-order valence-electron chi connectivity index (χ2n) is 5.65. The first kappa shape index (κ1) is 17.0. The van der Waals surface area contributed by atoms with E-state index in [0.717, 1.165) is 6.26 Å². The van der Waals surface area contributed by atoms with E-state index in [1.165, 1.54) is 17.7 Å². The lowest BCUT2D eigenvalue weighted by atomic mass is 10.0. The largest absolute Gasteiger partial charge is 0.323 e. The Kier molecular flexibility index (Phi) is 5.05. The van der Waals surface area contributed by atoms with Gasteiger partial charge in [-0.2, -0.15) is 0 Å². The van der Waals surface area contributed by atoms with Crippen LogP contribution in [-0.4, -0.2) is 20.7 Å². The molecule has 0 aromatic heterocycles. The van der Waals surface area contributed by atoms with Gasteiger partial charge in [-0.3, -0.25) is 0 Å². The average Bonchev–Trinajstić information content (AvgIpc) is 2.47. The van der Waals surface area contributed by atoms with Gasteiger partial charge in [0, 0.05) is 17.6 Å². The number of benzene rings is 2. The van der Waals surface area contributed by atoms with E-state index in [4.69, 9.17) is 0 Å². The molecular weight excluding hydrogens is 312 g/mol. The van der Waals surface area contributed by atoms with Gasteiger partial charge in [-0.1, -0.05) is 26.0 Å². The van der Waals surface area contributed by atoms with Crippen LogP contribution >= 0.6 is 0 Å². The molecule has 0 spiro atoms. The monoisotopic (exact) mass is 332 g/mol. The van der Waals surface area contributed by atoms with Gasteiger partial charge >= 0.3 is 6.03 Å². The van der Waals surface area contributed by atoms with Crippen LogP contribution < -0.4 is 10.6 Å². The maximum absolute atomic E-state index is 11.9. The molecule has 0 fully saturated rings. The molecule has 2 rings (SSSR count). The molecule has 122 valence electrons. The highest BCUT2D eigenvalue weighted by molar-refractivity contribution is 7.90. The zero-order chi connectivity index (χ0) is 17.0. The summed E-state index contributed by atoms with van der Waals surface area (Å²) in [5.41, 5.74) is 2.42. The molecule has 0 aliphatic rings. The fourth-order valence-electron chi connectivity index (χ4n) is 2.03. The number of urea groups is 1.